The Morgan fingerprint density at radius 3 is 2.94 bits per heavy atom. The molecule has 0 amide bonds. The fraction of sp³-hybridized carbons (Fsp3) is 0.571. The average molecular weight is 232 g/mol. The number of morpholine rings is 1. The van der Waals surface area contributed by atoms with Crippen molar-refractivity contribution in [3.05, 3.63) is 34.9 Å². The van der Waals surface area contributed by atoms with E-state index in [0.29, 0.717) is 6.04 Å². The lowest BCUT2D eigenvalue weighted by Gasteiger charge is -2.38. The molecule has 3 nitrogen and oxygen atoms in total. The summed E-state index contributed by atoms with van der Waals surface area (Å²) in [5, 5.41) is 3.53. The van der Waals surface area contributed by atoms with E-state index in [4.69, 9.17) is 4.74 Å². The van der Waals surface area contributed by atoms with Crippen LogP contribution in [-0.2, 0) is 11.3 Å². The van der Waals surface area contributed by atoms with Crippen LogP contribution < -0.4 is 5.32 Å². The first kappa shape index (κ1) is 11.2. The molecule has 2 aliphatic rings. The van der Waals surface area contributed by atoms with Gasteiger partial charge in [0, 0.05) is 32.2 Å². The molecule has 2 aliphatic heterocycles. The zero-order valence-electron chi connectivity index (χ0n) is 10.4. The molecule has 0 bridgehead atoms. The molecule has 1 aromatic carbocycles. The number of benzene rings is 1. The van der Waals surface area contributed by atoms with Crippen LogP contribution >= 0.6 is 0 Å². The molecule has 3 heteroatoms. The fourth-order valence-corrected chi connectivity index (χ4v) is 2.88. The summed E-state index contributed by atoms with van der Waals surface area (Å²) >= 11 is 0. The van der Waals surface area contributed by atoms with Crippen LogP contribution in [0.5, 0.6) is 0 Å². The van der Waals surface area contributed by atoms with Crippen LogP contribution in [0.1, 0.15) is 22.7 Å². The highest BCUT2D eigenvalue weighted by molar-refractivity contribution is 5.35. The summed E-state index contributed by atoms with van der Waals surface area (Å²) < 4.78 is 5.44. The Morgan fingerprint density at radius 1 is 1.29 bits per heavy atom. The number of fused-ring (bicyclic) bond motifs is 1. The van der Waals surface area contributed by atoms with Crippen LogP contribution in [0.15, 0.2) is 18.2 Å². The molecule has 3 rings (SSSR count). The van der Waals surface area contributed by atoms with Gasteiger partial charge in [-0.25, -0.2) is 0 Å². The molecule has 17 heavy (non-hydrogen) atoms. The highest BCUT2D eigenvalue weighted by Gasteiger charge is 2.26. The van der Waals surface area contributed by atoms with Gasteiger partial charge < -0.3 is 10.1 Å². The van der Waals surface area contributed by atoms with Crippen molar-refractivity contribution >= 4 is 0 Å². The Morgan fingerprint density at radius 2 is 2.12 bits per heavy atom. The first-order chi connectivity index (χ1) is 8.34. The molecule has 1 saturated heterocycles. The van der Waals surface area contributed by atoms with E-state index in [1.807, 2.05) is 0 Å². The quantitative estimate of drug-likeness (QED) is 0.793. The highest BCUT2D eigenvalue weighted by atomic mass is 16.5. The van der Waals surface area contributed by atoms with Gasteiger partial charge >= 0.3 is 0 Å². The molecule has 0 saturated carbocycles. The van der Waals surface area contributed by atoms with Crippen LogP contribution in [0, 0.1) is 6.92 Å². The van der Waals surface area contributed by atoms with E-state index in [1.165, 1.54) is 16.7 Å². The van der Waals surface area contributed by atoms with Crippen molar-refractivity contribution < 1.29 is 4.74 Å². The largest absolute Gasteiger partial charge is 0.379 e. The summed E-state index contributed by atoms with van der Waals surface area (Å²) in [6, 6.07) is 7.39. The number of nitrogens with one attached hydrogen (secondary N) is 1. The van der Waals surface area contributed by atoms with Gasteiger partial charge in [-0.3, -0.25) is 4.90 Å². The summed E-state index contributed by atoms with van der Waals surface area (Å²) in [5.74, 6) is 0. The van der Waals surface area contributed by atoms with Gasteiger partial charge in [-0.1, -0.05) is 23.8 Å². The molecular formula is C14H20N2O. The van der Waals surface area contributed by atoms with E-state index in [0.717, 1.165) is 39.4 Å². The van der Waals surface area contributed by atoms with E-state index in [2.05, 4.69) is 35.3 Å². The molecule has 2 heterocycles. The average Bonchev–Trinajstić information content (AvgIpc) is 2.39. The summed E-state index contributed by atoms with van der Waals surface area (Å²) in [6.45, 7) is 8.10. The van der Waals surface area contributed by atoms with Crippen LogP contribution in [0.4, 0.5) is 0 Å². The minimum Gasteiger partial charge on any atom is -0.379 e. The lowest BCUT2D eigenvalue weighted by atomic mass is 9.94. The number of hydrogen-bond donors (Lipinski definition) is 1. The Balaban J connectivity index is 1.88. The Labute approximate surface area is 103 Å². The summed E-state index contributed by atoms with van der Waals surface area (Å²) in [4.78, 5) is 2.55. The van der Waals surface area contributed by atoms with Gasteiger partial charge in [-0.05, 0) is 18.1 Å². The number of hydrogen-bond acceptors (Lipinski definition) is 3. The van der Waals surface area contributed by atoms with E-state index in [-0.39, 0.29) is 0 Å². The third-order valence-electron chi connectivity index (χ3n) is 3.80. The van der Waals surface area contributed by atoms with E-state index < -0.39 is 0 Å². The summed E-state index contributed by atoms with van der Waals surface area (Å²) in [6.07, 6.45) is 0. The number of ether oxygens (including phenoxy) is 1. The monoisotopic (exact) mass is 232 g/mol. The van der Waals surface area contributed by atoms with Crippen LogP contribution in [0.2, 0.25) is 0 Å². The molecule has 0 unspecified atom stereocenters. The third kappa shape index (κ3) is 2.23. The van der Waals surface area contributed by atoms with Gasteiger partial charge in [-0.2, -0.15) is 0 Å². The van der Waals surface area contributed by atoms with Crippen molar-refractivity contribution in [2.75, 3.05) is 32.8 Å². The van der Waals surface area contributed by atoms with Crippen molar-refractivity contribution in [2.45, 2.75) is 19.5 Å². The Bertz CT molecular complexity index is 399. The molecule has 1 aromatic rings. The maximum Gasteiger partial charge on any atom is 0.0594 e. The zero-order chi connectivity index (χ0) is 11.7. The second-order valence-corrected chi connectivity index (χ2v) is 5.00. The van der Waals surface area contributed by atoms with E-state index >= 15 is 0 Å². The zero-order valence-corrected chi connectivity index (χ0v) is 10.4. The van der Waals surface area contributed by atoms with Gasteiger partial charge in [0.25, 0.3) is 0 Å². The predicted molar refractivity (Wildman–Crippen MR) is 68.0 cm³/mol. The van der Waals surface area contributed by atoms with E-state index in [9.17, 15) is 0 Å². The number of rotatable bonds is 1. The third-order valence-corrected chi connectivity index (χ3v) is 3.80. The minimum atomic E-state index is 0.531. The summed E-state index contributed by atoms with van der Waals surface area (Å²) in [7, 11) is 0. The SMILES string of the molecule is Cc1ccc2c(c1)CNC[C@H]2N1CCOCC1. The molecule has 0 aromatic heterocycles. The van der Waals surface area contributed by atoms with Gasteiger partial charge in [0.05, 0.1) is 13.2 Å². The van der Waals surface area contributed by atoms with Crippen LogP contribution in [-0.4, -0.2) is 37.7 Å². The van der Waals surface area contributed by atoms with Gasteiger partial charge in [0.1, 0.15) is 0 Å². The van der Waals surface area contributed by atoms with Gasteiger partial charge in [0.15, 0.2) is 0 Å². The highest BCUT2D eigenvalue weighted by Crippen LogP contribution is 2.28. The van der Waals surface area contributed by atoms with Crippen LogP contribution in [0.25, 0.3) is 0 Å². The first-order valence-electron chi connectivity index (χ1n) is 6.46. The Hall–Kier alpha value is -0.900. The second-order valence-electron chi connectivity index (χ2n) is 5.00. The lowest BCUT2D eigenvalue weighted by molar-refractivity contribution is 0.0146. The van der Waals surface area contributed by atoms with Crippen molar-refractivity contribution in [1.82, 2.24) is 10.2 Å². The topological polar surface area (TPSA) is 24.5 Å². The smallest absolute Gasteiger partial charge is 0.0594 e. The molecule has 0 spiro atoms. The maximum absolute atomic E-state index is 5.44. The lowest BCUT2D eigenvalue weighted by Crippen LogP contribution is -2.45. The molecule has 1 atom stereocenters. The van der Waals surface area contributed by atoms with Gasteiger partial charge in [0.2, 0.25) is 0 Å². The van der Waals surface area contributed by atoms with Crippen LogP contribution in [0.3, 0.4) is 0 Å². The van der Waals surface area contributed by atoms with Crippen molar-refractivity contribution in [1.29, 1.82) is 0 Å². The molecule has 92 valence electrons. The number of nitrogens with zero attached hydrogens (tertiary/aromatic N) is 1. The molecule has 0 aliphatic carbocycles. The van der Waals surface area contributed by atoms with Crippen molar-refractivity contribution in [3.63, 3.8) is 0 Å². The normalized spacial score (nSPS) is 25.6. The molecular weight excluding hydrogens is 212 g/mol. The molecule has 1 fully saturated rings. The number of aryl methyl sites for hydroxylation is 1. The standard InChI is InChI=1S/C14H20N2O/c1-11-2-3-13-12(8-11)9-15-10-14(13)16-4-6-17-7-5-16/h2-3,8,14-15H,4-7,9-10H2,1H3/t14-/m1/s1. The molecule has 1 N–H and O–H groups in total. The van der Waals surface area contributed by atoms with E-state index in [1.54, 1.807) is 0 Å². The minimum absolute atomic E-state index is 0.531. The second kappa shape index (κ2) is 4.77. The van der Waals surface area contributed by atoms with Crippen molar-refractivity contribution in [3.8, 4) is 0 Å². The predicted octanol–water partition coefficient (Wildman–Crippen LogP) is 1.47. The van der Waals surface area contributed by atoms with Gasteiger partial charge in [-0.15, -0.1) is 0 Å². The first-order valence-corrected chi connectivity index (χ1v) is 6.46. The maximum atomic E-state index is 5.44. The fourth-order valence-electron chi connectivity index (χ4n) is 2.88. The summed E-state index contributed by atoms with van der Waals surface area (Å²) in [5.41, 5.74) is 4.33. The van der Waals surface area contributed by atoms with Crippen molar-refractivity contribution in [2.24, 2.45) is 0 Å². The molecule has 0 radical (unpaired) electrons. The Kier molecular flexibility index (Phi) is 3.14.